The summed E-state index contributed by atoms with van der Waals surface area (Å²) in [5.41, 5.74) is 1.10. The SMILES string of the molecule is O=c1oc2ccccc2cc1-n1cc(CO[C@@H]2CSC[C@@H]2S)nn1. The van der Waals surface area contributed by atoms with Crippen molar-refractivity contribution in [1.82, 2.24) is 15.0 Å². The lowest BCUT2D eigenvalue weighted by Gasteiger charge is -2.13. The molecular formula is C16H15N3O3S2. The number of thiol groups is 1. The smallest absolute Gasteiger partial charge is 0.362 e. The highest BCUT2D eigenvalue weighted by Crippen LogP contribution is 2.25. The van der Waals surface area contributed by atoms with Crippen molar-refractivity contribution < 1.29 is 9.15 Å². The quantitative estimate of drug-likeness (QED) is 0.568. The molecule has 8 heteroatoms. The summed E-state index contributed by atoms with van der Waals surface area (Å²) in [5, 5.41) is 9.18. The second-order valence-electron chi connectivity index (χ2n) is 5.57. The van der Waals surface area contributed by atoms with Gasteiger partial charge in [0.05, 0.1) is 18.9 Å². The van der Waals surface area contributed by atoms with E-state index in [1.165, 1.54) is 4.68 Å². The van der Waals surface area contributed by atoms with Crippen molar-refractivity contribution in [2.45, 2.75) is 18.0 Å². The molecule has 1 saturated heterocycles. The molecule has 124 valence electrons. The van der Waals surface area contributed by atoms with Gasteiger partial charge in [0.15, 0.2) is 5.69 Å². The molecule has 1 aliphatic rings. The lowest BCUT2D eigenvalue weighted by molar-refractivity contribution is 0.0599. The van der Waals surface area contributed by atoms with Crippen molar-refractivity contribution in [2.75, 3.05) is 11.5 Å². The van der Waals surface area contributed by atoms with E-state index in [2.05, 4.69) is 22.9 Å². The Kier molecular flexibility index (Phi) is 4.34. The summed E-state index contributed by atoms with van der Waals surface area (Å²) in [4.78, 5) is 12.2. The monoisotopic (exact) mass is 361 g/mol. The van der Waals surface area contributed by atoms with Crippen LogP contribution in [0.1, 0.15) is 5.69 Å². The molecule has 0 spiro atoms. The third-order valence-corrected chi connectivity index (χ3v) is 5.78. The lowest BCUT2D eigenvalue weighted by atomic mass is 10.2. The number of fused-ring (bicyclic) bond motifs is 1. The minimum absolute atomic E-state index is 0.120. The van der Waals surface area contributed by atoms with Crippen LogP contribution in [-0.4, -0.2) is 37.9 Å². The Morgan fingerprint density at radius 2 is 2.25 bits per heavy atom. The third-order valence-electron chi connectivity index (χ3n) is 3.86. The molecule has 3 heterocycles. The largest absolute Gasteiger partial charge is 0.421 e. The molecule has 1 aliphatic heterocycles. The average molecular weight is 361 g/mol. The van der Waals surface area contributed by atoms with Crippen LogP contribution in [0, 0.1) is 0 Å². The van der Waals surface area contributed by atoms with E-state index in [0.717, 1.165) is 16.9 Å². The van der Waals surface area contributed by atoms with Crippen molar-refractivity contribution in [3.05, 3.63) is 52.6 Å². The van der Waals surface area contributed by atoms with Gasteiger partial charge in [-0.15, -0.1) is 5.10 Å². The molecule has 4 rings (SSSR count). The summed E-state index contributed by atoms with van der Waals surface area (Å²) < 4.78 is 12.6. The van der Waals surface area contributed by atoms with E-state index in [1.807, 2.05) is 30.0 Å². The highest BCUT2D eigenvalue weighted by molar-refractivity contribution is 8.00. The van der Waals surface area contributed by atoms with Crippen LogP contribution in [0.4, 0.5) is 0 Å². The van der Waals surface area contributed by atoms with Gasteiger partial charge in [0.25, 0.3) is 0 Å². The normalized spacial score (nSPS) is 20.7. The van der Waals surface area contributed by atoms with Crippen molar-refractivity contribution >= 4 is 35.4 Å². The van der Waals surface area contributed by atoms with Crippen molar-refractivity contribution in [2.24, 2.45) is 0 Å². The molecule has 0 unspecified atom stereocenters. The zero-order chi connectivity index (χ0) is 16.5. The zero-order valence-electron chi connectivity index (χ0n) is 12.7. The highest BCUT2D eigenvalue weighted by Gasteiger charge is 2.25. The molecule has 1 aromatic carbocycles. The topological polar surface area (TPSA) is 70.2 Å². The van der Waals surface area contributed by atoms with E-state index in [9.17, 15) is 4.79 Å². The predicted molar refractivity (Wildman–Crippen MR) is 96.1 cm³/mol. The minimum Gasteiger partial charge on any atom is -0.421 e. The molecule has 6 nitrogen and oxygen atoms in total. The fraction of sp³-hybridized carbons (Fsp3) is 0.312. The maximum absolute atomic E-state index is 12.2. The van der Waals surface area contributed by atoms with Crippen LogP contribution in [0.5, 0.6) is 0 Å². The first-order valence-electron chi connectivity index (χ1n) is 7.52. The molecule has 0 radical (unpaired) electrons. The van der Waals surface area contributed by atoms with Gasteiger partial charge in [-0.2, -0.15) is 24.4 Å². The predicted octanol–water partition coefficient (Wildman–Crippen LogP) is 2.30. The number of thioether (sulfide) groups is 1. The number of rotatable bonds is 4. The summed E-state index contributed by atoms with van der Waals surface area (Å²) in [5.74, 6) is 1.94. The van der Waals surface area contributed by atoms with Crippen LogP contribution in [0.3, 0.4) is 0 Å². The highest BCUT2D eigenvalue weighted by atomic mass is 32.2. The van der Waals surface area contributed by atoms with Crippen LogP contribution in [0.25, 0.3) is 16.7 Å². The molecule has 0 aliphatic carbocycles. The Labute approximate surface area is 147 Å². The van der Waals surface area contributed by atoms with E-state index in [1.54, 1.807) is 18.3 Å². The molecule has 1 fully saturated rings. The minimum atomic E-state index is -0.450. The second kappa shape index (κ2) is 6.62. The molecule has 0 bridgehead atoms. The summed E-state index contributed by atoms with van der Waals surface area (Å²) in [6.45, 7) is 0.348. The number of para-hydroxylation sites is 1. The number of aromatic nitrogens is 3. The van der Waals surface area contributed by atoms with Gasteiger partial charge in [0.1, 0.15) is 11.3 Å². The van der Waals surface area contributed by atoms with Gasteiger partial charge in [-0.25, -0.2) is 9.48 Å². The van der Waals surface area contributed by atoms with E-state index in [4.69, 9.17) is 9.15 Å². The Bertz CT molecular complexity index is 924. The van der Waals surface area contributed by atoms with Crippen LogP contribution in [0.2, 0.25) is 0 Å². The molecule has 0 saturated carbocycles. The van der Waals surface area contributed by atoms with Gasteiger partial charge in [-0.1, -0.05) is 23.4 Å². The maximum atomic E-state index is 12.2. The van der Waals surface area contributed by atoms with Gasteiger partial charge >= 0.3 is 5.63 Å². The van der Waals surface area contributed by atoms with Crippen LogP contribution in [-0.2, 0) is 11.3 Å². The van der Waals surface area contributed by atoms with Gasteiger partial charge < -0.3 is 9.15 Å². The molecule has 2 atom stereocenters. The molecule has 0 amide bonds. The van der Waals surface area contributed by atoms with Gasteiger partial charge in [-0.3, -0.25) is 0 Å². The number of hydrogen-bond acceptors (Lipinski definition) is 7. The standard InChI is InChI=1S/C16H15N3O3S2/c20-16-12(5-10-3-1-2-4-13(10)22-16)19-6-11(17-18-19)7-21-14-8-24-9-15(14)23/h1-6,14-15,23H,7-9H2/t14-,15+/m1/s1. The average Bonchev–Trinajstić information content (AvgIpc) is 3.21. The summed E-state index contributed by atoms with van der Waals surface area (Å²) >= 11 is 6.34. The van der Waals surface area contributed by atoms with E-state index in [0.29, 0.717) is 23.6 Å². The number of benzene rings is 1. The number of hydrogen-bond donors (Lipinski definition) is 1. The Morgan fingerprint density at radius 3 is 3.08 bits per heavy atom. The number of nitrogens with zero attached hydrogens (tertiary/aromatic N) is 3. The summed E-state index contributed by atoms with van der Waals surface area (Å²) in [6, 6.07) is 9.10. The molecular weight excluding hydrogens is 346 g/mol. The third kappa shape index (κ3) is 3.09. The molecule has 0 N–H and O–H groups in total. The summed E-state index contributed by atoms with van der Waals surface area (Å²) in [6.07, 6.45) is 1.81. The van der Waals surface area contributed by atoms with Gasteiger partial charge in [0, 0.05) is 22.1 Å². The fourth-order valence-corrected chi connectivity index (χ4v) is 4.37. The second-order valence-corrected chi connectivity index (χ2v) is 7.30. The summed E-state index contributed by atoms with van der Waals surface area (Å²) in [7, 11) is 0. The Balaban J connectivity index is 1.56. The Hall–Kier alpha value is -1.77. The van der Waals surface area contributed by atoms with Crippen molar-refractivity contribution in [1.29, 1.82) is 0 Å². The van der Waals surface area contributed by atoms with Gasteiger partial charge in [0.2, 0.25) is 0 Å². The lowest BCUT2D eigenvalue weighted by Crippen LogP contribution is -2.22. The fourth-order valence-electron chi connectivity index (χ4n) is 2.57. The number of ether oxygens (including phenoxy) is 1. The molecule has 3 aromatic rings. The van der Waals surface area contributed by atoms with E-state index < -0.39 is 5.63 Å². The molecule has 24 heavy (non-hydrogen) atoms. The van der Waals surface area contributed by atoms with Crippen LogP contribution >= 0.6 is 24.4 Å². The Morgan fingerprint density at radius 1 is 1.38 bits per heavy atom. The van der Waals surface area contributed by atoms with Crippen molar-refractivity contribution in [3.63, 3.8) is 0 Å². The van der Waals surface area contributed by atoms with Crippen molar-refractivity contribution in [3.8, 4) is 5.69 Å². The van der Waals surface area contributed by atoms with Crippen LogP contribution in [0.15, 0.2) is 45.7 Å². The first-order valence-corrected chi connectivity index (χ1v) is 9.20. The van der Waals surface area contributed by atoms with Crippen LogP contribution < -0.4 is 5.63 Å². The van der Waals surface area contributed by atoms with E-state index in [-0.39, 0.29) is 11.4 Å². The van der Waals surface area contributed by atoms with E-state index >= 15 is 0 Å². The molecule has 2 aromatic heterocycles. The van der Waals surface area contributed by atoms with Gasteiger partial charge in [-0.05, 0) is 12.1 Å². The zero-order valence-corrected chi connectivity index (χ0v) is 14.4. The first-order chi connectivity index (χ1) is 11.7. The first kappa shape index (κ1) is 15.7. The maximum Gasteiger partial charge on any atom is 0.362 e.